The molecule has 4 atom stereocenters. The third-order valence-electron chi connectivity index (χ3n) is 9.47. The summed E-state index contributed by atoms with van der Waals surface area (Å²) in [6.07, 6.45) is 3.94. The van der Waals surface area contributed by atoms with E-state index in [9.17, 15) is 0 Å². The number of ether oxygens (including phenoxy) is 8. The standard InChI is InChI=1S/C41H44O8/c1(2-40(28-4-12-32(13-5-28)42-20-36-24-46-36)29-6-14-33(15-7-29)43-21-37-25-47-37)3-41(30-8-16-34(17-9-30)44-22-38-26-48-38)31-10-18-35(19-11-31)45-23-39-27-49-39/h4-19,36-41H,1-3,20-27H2. The van der Waals surface area contributed by atoms with Crippen molar-refractivity contribution in [2.24, 2.45) is 0 Å². The topological polar surface area (TPSA) is 87.0 Å². The molecule has 4 aliphatic heterocycles. The molecular weight excluding hydrogens is 620 g/mol. The van der Waals surface area contributed by atoms with E-state index < -0.39 is 0 Å². The van der Waals surface area contributed by atoms with E-state index in [1.807, 2.05) is 0 Å². The van der Waals surface area contributed by atoms with Crippen molar-refractivity contribution in [3.63, 3.8) is 0 Å². The SMILES string of the molecule is c1cc(C(CCCC(c2ccc(OCC3CO3)cc2)c2ccc(OCC3CO3)cc2)c2ccc(OCC3CO3)cc2)ccc1OCC1CO1. The van der Waals surface area contributed by atoms with Gasteiger partial charge in [0.05, 0.1) is 26.4 Å². The first kappa shape index (κ1) is 32.1. The monoisotopic (exact) mass is 664 g/mol. The van der Waals surface area contributed by atoms with Crippen LogP contribution in [0.15, 0.2) is 97.1 Å². The fourth-order valence-corrected chi connectivity index (χ4v) is 6.18. The van der Waals surface area contributed by atoms with Crippen LogP contribution in [0.2, 0.25) is 0 Å². The summed E-state index contributed by atoms with van der Waals surface area (Å²) in [7, 11) is 0. The Morgan fingerprint density at radius 2 is 0.612 bits per heavy atom. The normalized spacial score (nSPS) is 22.9. The van der Waals surface area contributed by atoms with E-state index >= 15 is 0 Å². The lowest BCUT2D eigenvalue weighted by Gasteiger charge is -2.23. The Morgan fingerprint density at radius 3 is 0.816 bits per heavy atom. The van der Waals surface area contributed by atoms with Crippen LogP contribution in [0.1, 0.15) is 53.4 Å². The summed E-state index contributed by atoms with van der Waals surface area (Å²) in [5, 5.41) is 0. The van der Waals surface area contributed by atoms with Gasteiger partial charge in [0.15, 0.2) is 0 Å². The minimum atomic E-state index is 0.225. The molecule has 0 amide bonds. The first-order valence-corrected chi connectivity index (χ1v) is 17.6. The third kappa shape index (κ3) is 9.55. The molecule has 0 spiro atoms. The van der Waals surface area contributed by atoms with Crippen molar-refractivity contribution in [1.82, 2.24) is 0 Å². The molecule has 4 saturated heterocycles. The lowest BCUT2D eigenvalue weighted by molar-refractivity contribution is 0.263. The van der Waals surface area contributed by atoms with E-state index in [0.29, 0.717) is 26.4 Å². The Balaban J connectivity index is 0.980. The van der Waals surface area contributed by atoms with Crippen LogP contribution in [0.5, 0.6) is 23.0 Å². The van der Waals surface area contributed by atoms with Crippen LogP contribution in [-0.4, -0.2) is 77.3 Å². The second kappa shape index (κ2) is 15.2. The molecule has 0 radical (unpaired) electrons. The lowest BCUT2D eigenvalue weighted by atomic mass is 9.82. The third-order valence-corrected chi connectivity index (χ3v) is 9.47. The quantitative estimate of drug-likeness (QED) is 0.0941. The van der Waals surface area contributed by atoms with Crippen LogP contribution in [0.4, 0.5) is 0 Å². The summed E-state index contributed by atoms with van der Waals surface area (Å²) in [6, 6.07) is 34.3. The summed E-state index contributed by atoms with van der Waals surface area (Å²) in [5.74, 6) is 3.94. The maximum absolute atomic E-state index is 5.94. The largest absolute Gasteiger partial charge is 0.491 e. The highest BCUT2D eigenvalue weighted by molar-refractivity contribution is 5.40. The van der Waals surface area contributed by atoms with Gasteiger partial charge in [-0.1, -0.05) is 55.0 Å². The molecule has 0 bridgehead atoms. The molecule has 0 aliphatic carbocycles. The maximum Gasteiger partial charge on any atom is 0.119 e. The number of rotatable bonds is 20. The Morgan fingerprint density at radius 1 is 0.388 bits per heavy atom. The molecule has 0 aromatic heterocycles. The van der Waals surface area contributed by atoms with Crippen LogP contribution < -0.4 is 18.9 Å². The van der Waals surface area contributed by atoms with Gasteiger partial charge < -0.3 is 37.9 Å². The summed E-state index contributed by atoms with van der Waals surface area (Å²) >= 11 is 0. The van der Waals surface area contributed by atoms with Gasteiger partial charge in [0.25, 0.3) is 0 Å². The average molecular weight is 665 g/mol. The Kier molecular flexibility index (Phi) is 9.98. The van der Waals surface area contributed by atoms with E-state index in [1.54, 1.807) is 0 Å². The number of epoxide rings is 4. The van der Waals surface area contributed by atoms with Crippen LogP contribution in [0.25, 0.3) is 0 Å². The average Bonchev–Trinajstić information content (AvgIpc) is 3.93. The lowest BCUT2D eigenvalue weighted by Crippen LogP contribution is -2.08. The van der Waals surface area contributed by atoms with Gasteiger partial charge >= 0.3 is 0 Å². The second-order valence-electron chi connectivity index (χ2n) is 13.4. The van der Waals surface area contributed by atoms with Gasteiger partial charge in [-0.05, 0) is 83.6 Å². The van der Waals surface area contributed by atoms with Gasteiger partial charge in [0.1, 0.15) is 73.8 Å². The summed E-state index contributed by atoms with van der Waals surface area (Å²) in [4.78, 5) is 0. The van der Waals surface area contributed by atoms with E-state index in [0.717, 1.165) is 68.7 Å². The summed E-state index contributed by atoms with van der Waals surface area (Å²) in [5.41, 5.74) is 5.09. The van der Waals surface area contributed by atoms with Gasteiger partial charge in [-0.2, -0.15) is 0 Å². The van der Waals surface area contributed by atoms with Crippen LogP contribution in [0, 0.1) is 0 Å². The molecule has 4 aliphatic rings. The van der Waals surface area contributed by atoms with Crippen molar-refractivity contribution in [3.05, 3.63) is 119 Å². The van der Waals surface area contributed by atoms with Crippen molar-refractivity contribution in [1.29, 1.82) is 0 Å². The highest BCUT2D eigenvalue weighted by Gasteiger charge is 2.26. The first-order chi connectivity index (χ1) is 24.2. The molecule has 8 nitrogen and oxygen atoms in total. The predicted molar refractivity (Wildman–Crippen MR) is 184 cm³/mol. The summed E-state index contributed by atoms with van der Waals surface area (Å²) in [6.45, 7) is 5.55. The minimum Gasteiger partial charge on any atom is -0.491 e. The van der Waals surface area contributed by atoms with Crippen molar-refractivity contribution in [2.45, 2.75) is 55.5 Å². The van der Waals surface area contributed by atoms with Crippen molar-refractivity contribution in [3.8, 4) is 23.0 Å². The molecule has 4 fully saturated rings. The van der Waals surface area contributed by atoms with E-state index in [1.165, 1.54) is 22.3 Å². The Labute approximate surface area is 288 Å². The van der Waals surface area contributed by atoms with Gasteiger partial charge in [-0.15, -0.1) is 0 Å². The van der Waals surface area contributed by atoms with Crippen molar-refractivity contribution in [2.75, 3.05) is 52.9 Å². The van der Waals surface area contributed by atoms with E-state index in [-0.39, 0.29) is 36.3 Å². The molecule has 256 valence electrons. The van der Waals surface area contributed by atoms with Gasteiger partial charge in [0, 0.05) is 11.8 Å². The Hall–Kier alpha value is -4.08. The number of hydrogen-bond donors (Lipinski definition) is 0. The molecule has 0 saturated carbocycles. The zero-order valence-electron chi connectivity index (χ0n) is 27.7. The van der Waals surface area contributed by atoms with E-state index in [2.05, 4.69) is 97.1 Å². The fourth-order valence-electron chi connectivity index (χ4n) is 6.18. The van der Waals surface area contributed by atoms with Crippen LogP contribution >= 0.6 is 0 Å². The summed E-state index contributed by atoms with van der Waals surface area (Å²) < 4.78 is 45.0. The molecular formula is C41H44O8. The molecule has 4 unspecified atom stereocenters. The van der Waals surface area contributed by atoms with Gasteiger partial charge in [-0.3, -0.25) is 0 Å². The highest BCUT2D eigenvalue weighted by atomic mass is 16.6. The molecule has 0 N–H and O–H groups in total. The van der Waals surface area contributed by atoms with Crippen LogP contribution in [-0.2, 0) is 18.9 Å². The van der Waals surface area contributed by atoms with Gasteiger partial charge in [0.2, 0.25) is 0 Å². The second-order valence-corrected chi connectivity index (χ2v) is 13.4. The van der Waals surface area contributed by atoms with Gasteiger partial charge in [-0.25, -0.2) is 0 Å². The molecule has 49 heavy (non-hydrogen) atoms. The Bertz CT molecular complexity index is 1360. The van der Waals surface area contributed by atoms with Crippen LogP contribution in [0.3, 0.4) is 0 Å². The van der Waals surface area contributed by atoms with E-state index in [4.69, 9.17) is 37.9 Å². The molecule has 4 aromatic carbocycles. The zero-order chi connectivity index (χ0) is 32.8. The molecule has 4 heterocycles. The number of benzene rings is 4. The smallest absolute Gasteiger partial charge is 0.119 e. The highest BCUT2D eigenvalue weighted by Crippen LogP contribution is 2.37. The van der Waals surface area contributed by atoms with Crippen molar-refractivity contribution >= 4 is 0 Å². The molecule has 8 rings (SSSR count). The molecule has 8 heteroatoms. The molecule has 4 aromatic rings. The maximum atomic E-state index is 5.94. The zero-order valence-corrected chi connectivity index (χ0v) is 27.7. The first-order valence-electron chi connectivity index (χ1n) is 17.6. The number of hydrogen-bond acceptors (Lipinski definition) is 8. The minimum absolute atomic E-state index is 0.225. The van der Waals surface area contributed by atoms with Crippen molar-refractivity contribution < 1.29 is 37.9 Å². The fraction of sp³-hybridized carbons (Fsp3) is 0.415. The predicted octanol–water partition coefficient (Wildman–Crippen LogP) is 6.93.